The van der Waals surface area contributed by atoms with Crippen LogP contribution in [0.3, 0.4) is 0 Å². The van der Waals surface area contributed by atoms with Crippen LogP contribution in [0.4, 0.5) is 11.4 Å². The molecular weight excluding hydrogens is 356 g/mol. The highest BCUT2D eigenvalue weighted by Crippen LogP contribution is 2.27. The molecule has 128 valence electrons. The number of carbonyl (C=O) groups is 1. The maximum Gasteiger partial charge on any atom is 0.265 e. The van der Waals surface area contributed by atoms with Crippen LogP contribution < -0.4 is 9.62 Å². The van der Waals surface area contributed by atoms with Gasteiger partial charge in [-0.25, -0.2) is 8.42 Å². The fourth-order valence-corrected chi connectivity index (χ4v) is 5.45. The molecule has 1 N–H and O–H groups in total. The molecule has 0 unspecified atom stereocenters. The minimum atomic E-state index is -3.19. The summed E-state index contributed by atoms with van der Waals surface area (Å²) in [5, 5.41) is 3.91. The van der Waals surface area contributed by atoms with E-state index in [-0.39, 0.29) is 11.7 Å². The van der Waals surface area contributed by atoms with Crippen LogP contribution in [0.1, 0.15) is 16.1 Å². The van der Waals surface area contributed by atoms with E-state index < -0.39 is 10.0 Å². The molecular formula is C18H16N2O3S2. The molecule has 1 fully saturated rings. The van der Waals surface area contributed by atoms with Crippen LogP contribution >= 0.6 is 11.3 Å². The van der Waals surface area contributed by atoms with Gasteiger partial charge in [-0.15, -0.1) is 11.3 Å². The van der Waals surface area contributed by atoms with E-state index in [0.29, 0.717) is 29.2 Å². The molecule has 0 aliphatic carbocycles. The molecule has 25 heavy (non-hydrogen) atoms. The van der Waals surface area contributed by atoms with Crippen molar-refractivity contribution in [3.05, 3.63) is 59.5 Å². The molecule has 1 aromatic heterocycles. The number of amides is 1. The van der Waals surface area contributed by atoms with E-state index in [4.69, 9.17) is 0 Å². The molecule has 0 saturated carbocycles. The summed E-state index contributed by atoms with van der Waals surface area (Å²) >= 11 is 1.45. The number of fused-ring (bicyclic) bond motifs is 1. The number of sulfonamides is 1. The van der Waals surface area contributed by atoms with Gasteiger partial charge in [0.05, 0.1) is 16.3 Å². The van der Waals surface area contributed by atoms with Crippen LogP contribution in [0.2, 0.25) is 0 Å². The summed E-state index contributed by atoms with van der Waals surface area (Å²) in [4.78, 5) is 13.1. The number of rotatable bonds is 3. The van der Waals surface area contributed by atoms with Gasteiger partial charge >= 0.3 is 0 Å². The Hall–Kier alpha value is -2.38. The molecule has 0 radical (unpaired) electrons. The SMILES string of the molecule is O=C(Nc1ccc(N2CCCS2(=O)=O)cc1)c1cc2ccccc2s1. The second kappa shape index (κ2) is 6.16. The minimum Gasteiger partial charge on any atom is -0.321 e. The second-order valence-corrected chi connectivity index (χ2v) is 8.99. The molecule has 1 saturated heterocycles. The van der Waals surface area contributed by atoms with Gasteiger partial charge in [0.2, 0.25) is 10.0 Å². The van der Waals surface area contributed by atoms with Gasteiger partial charge in [-0.1, -0.05) is 18.2 Å². The number of anilines is 2. The van der Waals surface area contributed by atoms with Gasteiger partial charge in [0.25, 0.3) is 5.91 Å². The third-order valence-electron chi connectivity index (χ3n) is 4.16. The number of thiophene rings is 1. The van der Waals surface area contributed by atoms with Gasteiger partial charge in [0.15, 0.2) is 0 Å². The lowest BCUT2D eigenvalue weighted by molar-refractivity contribution is 0.103. The summed E-state index contributed by atoms with van der Waals surface area (Å²) in [6.45, 7) is 0.510. The Labute approximate surface area is 149 Å². The van der Waals surface area contributed by atoms with Crippen LogP contribution in [0.25, 0.3) is 10.1 Å². The highest BCUT2D eigenvalue weighted by Gasteiger charge is 2.28. The maximum atomic E-state index is 12.4. The lowest BCUT2D eigenvalue weighted by Crippen LogP contribution is -2.24. The third-order valence-corrected chi connectivity index (χ3v) is 7.15. The Morgan fingerprint density at radius 3 is 2.52 bits per heavy atom. The Morgan fingerprint density at radius 1 is 1.08 bits per heavy atom. The summed E-state index contributed by atoms with van der Waals surface area (Å²) in [6.07, 6.45) is 0.646. The molecule has 1 aliphatic rings. The first-order valence-corrected chi connectivity index (χ1v) is 10.4. The zero-order valence-corrected chi connectivity index (χ0v) is 14.9. The Morgan fingerprint density at radius 2 is 1.84 bits per heavy atom. The van der Waals surface area contributed by atoms with Crippen LogP contribution in [0.15, 0.2) is 54.6 Å². The molecule has 0 bridgehead atoms. The standard InChI is InChI=1S/C18H16N2O3S2/c21-18(17-12-13-4-1-2-5-16(13)24-17)19-14-6-8-15(9-7-14)20-10-3-11-25(20,22)23/h1-2,4-9,12H,3,10-11H2,(H,19,21). The molecule has 0 atom stereocenters. The number of carbonyl (C=O) groups excluding carboxylic acids is 1. The van der Waals surface area contributed by atoms with Crippen molar-refractivity contribution >= 4 is 48.7 Å². The second-order valence-electron chi connectivity index (χ2n) is 5.89. The van der Waals surface area contributed by atoms with Crippen molar-refractivity contribution in [1.82, 2.24) is 0 Å². The highest BCUT2D eigenvalue weighted by atomic mass is 32.2. The van der Waals surface area contributed by atoms with E-state index in [1.165, 1.54) is 15.6 Å². The number of nitrogens with one attached hydrogen (secondary N) is 1. The molecule has 2 aromatic carbocycles. The molecule has 1 amide bonds. The van der Waals surface area contributed by atoms with Crippen LogP contribution in [0, 0.1) is 0 Å². The molecule has 2 heterocycles. The zero-order valence-electron chi connectivity index (χ0n) is 13.3. The van der Waals surface area contributed by atoms with E-state index in [9.17, 15) is 13.2 Å². The van der Waals surface area contributed by atoms with Crippen molar-refractivity contribution in [3.8, 4) is 0 Å². The van der Waals surface area contributed by atoms with Crippen molar-refractivity contribution in [3.63, 3.8) is 0 Å². The normalized spacial score (nSPS) is 16.2. The molecule has 7 heteroatoms. The summed E-state index contributed by atoms with van der Waals surface area (Å²) in [6, 6.07) is 16.7. The lowest BCUT2D eigenvalue weighted by atomic mass is 10.2. The summed E-state index contributed by atoms with van der Waals surface area (Å²) in [5.74, 6) is 0.0278. The molecule has 1 aliphatic heterocycles. The fourth-order valence-electron chi connectivity index (χ4n) is 2.93. The van der Waals surface area contributed by atoms with E-state index in [2.05, 4.69) is 5.32 Å². The van der Waals surface area contributed by atoms with Crippen LogP contribution in [-0.4, -0.2) is 26.6 Å². The summed E-state index contributed by atoms with van der Waals surface area (Å²) < 4.78 is 26.4. The number of hydrogen-bond acceptors (Lipinski definition) is 4. The predicted molar refractivity (Wildman–Crippen MR) is 102 cm³/mol. The first-order valence-electron chi connectivity index (χ1n) is 7.93. The van der Waals surface area contributed by atoms with Gasteiger partial charge < -0.3 is 5.32 Å². The van der Waals surface area contributed by atoms with Gasteiger partial charge in [0.1, 0.15) is 0 Å². The quantitative estimate of drug-likeness (QED) is 0.762. The number of hydrogen-bond donors (Lipinski definition) is 1. The molecule has 5 nitrogen and oxygen atoms in total. The molecule has 4 rings (SSSR count). The highest BCUT2D eigenvalue weighted by molar-refractivity contribution is 7.93. The Bertz CT molecular complexity index is 1010. The Kier molecular flexibility index (Phi) is 3.97. The topological polar surface area (TPSA) is 66.5 Å². The Balaban J connectivity index is 1.52. The average Bonchev–Trinajstić information content (AvgIpc) is 3.18. The number of benzene rings is 2. The zero-order chi connectivity index (χ0) is 17.4. The lowest BCUT2D eigenvalue weighted by Gasteiger charge is -2.17. The summed E-state index contributed by atoms with van der Waals surface area (Å²) in [7, 11) is -3.19. The van der Waals surface area contributed by atoms with E-state index >= 15 is 0 Å². The minimum absolute atomic E-state index is 0.164. The predicted octanol–water partition coefficient (Wildman–Crippen LogP) is 3.69. The van der Waals surface area contributed by atoms with Gasteiger partial charge in [-0.3, -0.25) is 9.10 Å². The first-order chi connectivity index (χ1) is 12.0. The van der Waals surface area contributed by atoms with E-state index in [0.717, 1.165) is 10.1 Å². The first kappa shape index (κ1) is 16.1. The van der Waals surface area contributed by atoms with Crippen molar-refractivity contribution in [2.24, 2.45) is 0 Å². The van der Waals surface area contributed by atoms with E-state index in [1.54, 1.807) is 24.3 Å². The largest absolute Gasteiger partial charge is 0.321 e. The monoisotopic (exact) mass is 372 g/mol. The van der Waals surface area contributed by atoms with Gasteiger partial charge in [-0.2, -0.15) is 0 Å². The number of nitrogens with zero attached hydrogens (tertiary/aromatic N) is 1. The van der Waals surface area contributed by atoms with Gasteiger partial charge in [0, 0.05) is 16.9 Å². The van der Waals surface area contributed by atoms with Gasteiger partial charge in [-0.05, 0) is 48.2 Å². The summed E-state index contributed by atoms with van der Waals surface area (Å²) in [5.41, 5.74) is 1.28. The van der Waals surface area contributed by atoms with Crippen molar-refractivity contribution in [1.29, 1.82) is 0 Å². The van der Waals surface area contributed by atoms with Crippen molar-refractivity contribution in [2.75, 3.05) is 21.9 Å². The smallest absolute Gasteiger partial charge is 0.265 e. The van der Waals surface area contributed by atoms with Crippen molar-refractivity contribution in [2.45, 2.75) is 6.42 Å². The maximum absolute atomic E-state index is 12.4. The fraction of sp³-hybridized carbons (Fsp3) is 0.167. The average molecular weight is 372 g/mol. The van der Waals surface area contributed by atoms with Crippen LogP contribution in [0.5, 0.6) is 0 Å². The third kappa shape index (κ3) is 3.12. The van der Waals surface area contributed by atoms with Crippen molar-refractivity contribution < 1.29 is 13.2 Å². The molecule has 0 spiro atoms. The van der Waals surface area contributed by atoms with Crippen LogP contribution in [-0.2, 0) is 10.0 Å². The van der Waals surface area contributed by atoms with E-state index in [1.807, 2.05) is 30.3 Å². The molecule has 3 aromatic rings.